The summed E-state index contributed by atoms with van der Waals surface area (Å²) in [7, 11) is 0. The average molecular weight is 424 g/mol. The number of rotatable bonds is 5. The molecule has 0 bridgehead atoms. The van der Waals surface area contributed by atoms with Crippen LogP contribution >= 0.6 is 23.4 Å². The van der Waals surface area contributed by atoms with Crippen molar-refractivity contribution in [2.45, 2.75) is 5.75 Å². The molecule has 0 unspecified atom stereocenters. The van der Waals surface area contributed by atoms with Crippen molar-refractivity contribution in [2.24, 2.45) is 0 Å². The number of halogens is 2. The van der Waals surface area contributed by atoms with Crippen LogP contribution in [0.25, 0.3) is 5.57 Å². The highest BCUT2D eigenvalue weighted by atomic mass is 35.5. The Morgan fingerprint density at radius 2 is 1.59 bits per heavy atom. The lowest BCUT2D eigenvalue weighted by molar-refractivity contribution is -0.119. The van der Waals surface area contributed by atoms with Crippen molar-refractivity contribution in [1.29, 1.82) is 0 Å². The summed E-state index contributed by atoms with van der Waals surface area (Å²) in [5.74, 6) is -0.725. The molecular weight excluding hydrogens is 409 g/mol. The van der Waals surface area contributed by atoms with Crippen LogP contribution in [0, 0.1) is 5.82 Å². The van der Waals surface area contributed by atoms with Crippen LogP contribution in [0.15, 0.2) is 83.8 Å². The molecule has 0 radical (unpaired) electrons. The number of hydrogen-bond acceptors (Lipinski definition) is 3. The minimum atomic E-state index is -0.445. The first kappa shape index (κ1) is 19.4. The van der Waals surface area contributed by atoms with Crippen molar-refractivity contribution in [3.8, 4) is 0 Å². The molecule has 3 aromatic carbocycles. The van der Waals surface area contributed by atoms with Gasteiger partial charge >= 0.3 is 0 Å². The zero-order valence-corrected chi connectivity index (χ0v) is 16.7. The van der Waals surface area contributed by atoms with E-state index in [0.717, 1.165) is 10.5 Å². The van der Waals surface area contributed by atoms with Crippen molar-refractivity contribution in [3.05, 3.63) is 106 Å². The first-order chi connectivity index (χ1) is 14.0. The van der Waals surface area contributed by atoms with Gasteiger partial charge < -0.3 is 0 Å². The number of anilines is 1. The zero-order chi connectivity index (χ0) is 20.4. The highest BCUT2D eigenvalue weighted by Gasteiger charge is 2.40. The van der Waals surface area contributed by atoms with Crippen LogP contribution in [0.5, 0.6) is 0 Å². The lowest BCUT2D eigenvalue weighted by atomic mass is 10.1. The molecular formula is C23H15ClFNO2S. The molecule has 4 rings (SSSR count). The molecule has 3 nitrogen and oxygen atoms in total. The molecule has 0 aromatic heterocycles. The van der Waals surface area contributed by atoms with Gasteiger partial charge in [-0.2, -0.15) is 0 Å². The smallest absolute Gasteiger partial charge is 0.268 e. The van der Waals surface area contributed by atoms with E-state index in [4.69, 9.17) is 11.6 Å². The molecule has 0 N–H and O–H groups in total. The maximum absolute atomic E-state index is 13.4. The summed E-state index contributed by atoms with van der Waals surface area (Å²) in [6.45, 7) is 0. The molecule has 6 heteroatoms. The van der Waals surface area contributed by atoms with Gasteiger partial charge in [-0.05, 0) is 41.5 Å². The van der Waals surface area contributed by atoms with Crippen LogP contribution < -0.4 is 4.90 Å². The number of benzene rings is 3. The second kappa shape index (κ2) is 8.23. The van der Waals surface area contributed by atoms with E-state index in [9.17, 15) is 14.0 Å². The Kier molecular flexibility index (Phi) is 5.51. The van der Waals surface area contributed by atoms with Crippen molar-refractivity contribution < 1.29 is 14.0 Å². The normalized spacial score (nSPS) is 14.1. The zero-order valence-electron chi connectivity index (χ0n) is 15.1. The number of amides is 2. The lowest BCUT2D eigenvalue weighted by Gasteiger charge is -2.15. The summed E-state index contributed by atoms with van der Waals surface area (Å²) in [6.07, 6.45) is 0. The first-order valence-electron chi connectivity index (χ1n) is 8.86. The van der Waals surface area contributed by atoms with Gasteiger partial charge in [-0.1, -0.05) is 60.1 Å². The maximum Gasteiger partial charge on any atom is 0.272 e. The summed E-state index contributed by atoms with van der Waals surface area (Å²) < 4.78 is 13.4. The molecule has 3 aromatic rings. The van der Waals surface area contributed by atoms with Crippen LogP contribution in [-0.2, 0) is 15.3 Å². The topological polar surface area (TPSA) is 37.4 Å². The number of carbonyl (C=O) groups is 2. The monoisotopic (exact) mass is 423 g/mol. The minimum absolute atomic E-state index is 0.274. The molecule has 0 saturated carbocycles. The van der Waals surface area contributed by atoms with E-state index >= 15 is 0 Å². The van der Waals surface area contributed by atoms with E-state index in [1.165, 1.54) is 36.0 Å². The Morgan fingerprint density at radius 1 is 0.862 bits per heavy atom. The molecule has 1 aliphatic heterocycles. The van der Waals surface area contributed by atoms with Gasteiger partial charge in [-0.25, -0.2) is 9.29 Å². The first-order valence-corrected chi connectivity index (χ1v) is 10.2. The number of carbonyl (C=O) groups excluding carboxylic acids is 2. The molecule has 1 heterocycles. The van der Waals surface area contributed by atoms with Crippen LogP contribution in [0.1, 0.15) is 11.1 Å². The summed E-state index contributed by atoms with van der Waals surface area (Å²) in [4.78, 5) is 27.9. The largest absolute Gasteiger partial charge is 0.272 e. The predicted octanol–water partition coefficient (Wildman–Crippen LogP) is 5.70. The minimum Gasteiger partial charge on any atom is -0.268 e. The van der Waals surface area contributed by atoms with Crippen molar-refractivity contribution in [2.75, 3.05) is 4.90 Å². The highest BCUT2D eigenvalue weighted by molar-refractivity contribution is 8.03. The van der Waals surface area contributed by atoms with E-state index in [1.807, 2.05) is 30.3 Å². The van der Waals surface area contributed by atoms with E-state index in [1.54, 1.807) is 24.3 Å². The van der Waals surface area contributed by atoms with Gasteiger partial charge in [0.25, 0.3) is 11.8 Å². The lowest BCUT2D eigenvalue weighted by Crippen LogP contribution is -2.31. The summed E-state index contributed by atoms with van der Waals surface area (Å²) in [6, 6.07) is 21.9. The van der Waals surface area contributed by atoms with Gasteiger partial charge in [0.05, 0.1) is 16.2 Å². The molecule has 0 saturated heterocycles. The molecule has 1 aliphatic rings. The highest BCUT2D eigenvalue weighted by Crippen LogP contribution is 2.40. The SMILES string of the molecule is O=C1C(SCc2ccccc2)=C(c2ccc(F)cc2)C(=O)N1c1cccc(Cl)c1. The molecule has 0 atom stereocenters. The summed E-state index contributed by atoms with van der Waals surface area (Å²) in [5.41, 5.74) is 2.22. The van der Waals surface area contributed by atoms with E-state index in [-0.39, 0.29) is 5.57 Å². The van der Waals surface area contributed by atoms with Gasteiger partial charge in [0.15, 0.2) is 0 Å². The maximum atomic E-state index is 13.4. The fraction of sp³-hybridized carbons (Fsp3) is 0.0435. The van der Waals surface area contributed by atoms with Crippen LogP contribution in [0.4, 0.5) is 10.1 Å². The number of nitrogens with zero attached hydrogens (tertiary/aromatic N) is 1. The van der Waals surface area contributed by atoms with Crippen LogP contribution in [0.2, 0.25) is 5.02 Å². The molecule has 0 fully saturated rings. The quantitative estimate of drug-likeness (QED) is 0.494. The predicted molar refractivity (Wildman–Crippen MR) is 115 cm³/mol. The Balaban J connectivity index is 1.75. The number of hydrogen-bond donors (Lipinski definition) is 0. The van der Waals surface area contributed by atoms with Gasteiger partial charge in [0.2, 0.25) is 0 Å². The van der Waals surface area contributed by atoms with E-state index in [2.05, 4.69) is 0 Å². The third kappa shape index (κ3) is 3.97. The van der Waals surface area contributed by atoms with E-state index in [0.29, 0.717) is 26.9 Å². The Morgan fingerprint density at radius 3 is 2.28 bits per heavy atom. The molecule has 29 heavy (non-hydrogen) atoms. The van der Waals surface area contributed by atoms with Crippen LogP contribution in [0.3, 0.4) is 0 Å². The molecule has 144 valence electrons. The second-order valence-electron chi connectivity index (χ2n) is 6.41. The van der Waals surface area contributed by atoms with Gasteiger partial charge in [0.1, 0.15) is 5.82 Å². The Labute approximate surface area is 176 Å². The average Bonchev–Trinajstić information content (AvgIpc) is 2.97. The second-order valence-corrected chi connectivity index (χ2v) is 7.83. The Bertz CT molecular complexity index is 1110. The molecule has 0 aliphatic carbocycles. The third-order valence-electron chi connectivity index (χ3n) is 4.47. The summed E-state index contributed by atoms with van der Waals surface area (Å²) in [5, 5.41) is 0.428. The standard InChI is InChI=1S/C23H15ClFNO2S/c24-17-7-4-8-19(13-17)26-22(27)20(16-9-11-18(25)12-10-16)21(23(26)28)29-14-15-5-2-1-3-6-15/h1-13H,14H2. The fourth-order valence-electron chi connectivity index (χ4n) is 3.09. The summed E-state index contributed by atoms with van der Waals surface area (Å²) >= 11 is 7.36. The van der Waals surface area contributed by atoms with Crippen molar-refractivity contribution in [1.82, 2.24) is 0 Å². The molecule has 2 amide bonds. The van der Waals surface area contributed by atoms with Crippen molar-refractivity contribution in [3.63, 3.8) is 0 Å². The van der Waals surface area contributed by atoms with E-state index < -0.39 is 17.6 Å². The number of imide groups is 1. The fourth-order valence-corrected chi connectivity index (χ4v) is 4.35. The molecule has 0 spiro atoms. The van der Waals surface area contributed by atoms with Gasteiger partial charge in [-0.3, -0.25) is 9.59 Å². The van der Waals surface area contributed by atoms with Crippen LogP contribution in [-0.4, -0.2) is 11.8 Å². The Hall–Kier alpha value is -2.89. The van der Waals surface area contributed by atoms with Crippen molar-refractivity contribution >= 4 is 46.4 Å². The third-order valence-corrected chi connectivity index (χ3v) is 5.85. The van der Waals surface area contributed by atoms with Gasteiger partial charge in [-0.15, -0.1) is 11.8 Å². The van der Waals surface area contributed by atoms with Gasteiger partial charge in [0, 0.05) is 10.8 Å². The number of thioether (sulfide) groups is 1.